The van der Waals surface area contributed by atoms with Crippen molar-refractivity contribution < 1.29 is 14.3 Å². The fourth-order valence-electron chi connectivity index (χ4n) is 2.29. The molecular formula is C18H22N2O3. The van der Waals surface area contributed by atoms with Gasteiger partial charge in [0.05, 0.1) is 20.6 Å². The largest absolute Gasteiger partial charge is 0.493 e. The van der Waals surface area contributed by atoms with Crippen LogP contribution in [-0.4, -0.2) is 20.1 Å². The summed E-state index contributed by atoms with van der Waals surface area (Å²) in [7, 11) is 3.09. The summed E-state index contributed by atoms with van der Waals surface area (Å²) in [5, 5.41) is 2.89. The van der Waals surface area contributed by atoms with Crippen molar-refractivity contribution in [3.05, 3.63) is 47.0 Å². The van der Waals surface area contributed by atoms with E-state index in [1.807, 2.05) is 32.0 Å². The van der Waals surface area contributed by atoms with Crippen LogP contribution in [0.1, 0.15) is 16.7 Å². The predicted molar refractivity (Wildman–Crippen MR) is 92.2 cm³/mol. The number of methoxy groups -OCH3 is 2. The van der Waals surface area contributed by atoms with Crippen LogP contribution in [0.3, 0.4) is 0 Å². The number of ether oxygens (including phenoxy) is 2. The highest BCUT2D eigenvalue weighted by Gasteiger charge is 2.12. The van der Waals surface area contributed by atoms with Crippen molar-refractivity contribution in [2.75, 3.05) is 25.3 Å². The molecule has 2 aromatic carbocycles. The Labute approximate surface area is 136 Å². The number of amides is 1. The Morgan fingerprint density at radius 1 is 1.04 bits per heavy atom. The number of benzene rings is 2. The van der Waals surface area contributed by atoms with Crippen molar-refractivity contribution >= 4 is 17.3 Å². The second-order valence-corrected chi connectivity index (χ2v) is 5.43. The first kappa shape index (κ1) is 16.7. The van der Waals surface area contributed by atoms with Gasteiger partial charge >= 0.3 is 0 Å². The van der Waals surface area contributed by atoms with Crippen LogP contribution in [-0.2, 0) is 11.2 Å². The van der Waals surface area contributed by atoms with Gasteiger partial charge in [-0.3, -0.25) is 4.79 Å². The van der Waals surface area contributed by atoms with E-state index in [0.29, 0.717) is 22.7 Å². The number of hydrogen-bond acceptors (Lipinski definition) is 4. The van der Waals surface area contributed by atoms with E-state index in [0.717, 1.165) is 11.3 Å². The molecule has 0 aliphatic heterocycles. The molecule has 0 saturated heterocycles. The molecule has 0 bridgehead atoms. The lowest BCUT2D eigenvalue weighted by molar-refractivity contribution is -0.115. The van der Waals surface area contributed by atoms with Crippen LogP contribution >= 0.6 is 0 Å². The molecule has 122 valence electrons. The maximum atomic E-state index is 12.2. The predicted octanol–water partition coefficient (Wildman–Crippen LogP) is 3.08. The lowest BCUT2D eigenvalue weighted by atomic mass is 10.1. The smallest absolute Gasteiger partial charge is 0.228 e. The highest BCUT2D eigenvalue weighted by molar-refractivity contribution is 5.93. The molecule has 0 fully saturated rings. The number of aryl methyl sites for hydroxylation is 2. The molecule has 0 saturated carbocycles. The van der Waals surface area contributed by atoms with Crippen LogP contribution in [0.5, 0.6) is 11.5 Å². The number of hydrogen-bond donors (Lipinski definition) is 2. The molecule has 0 aliphatic rings. The summed E-state index contributed by atoms with van der Waals surface area (Å²) >= 11 is 0. The topological polar surface area (TPSA) is 73.6 Å². The third-order valence-corrected chi connectivity index (χ3v) is 3.79. The molecule has 5 heteroatoms. The average Bonchev–Trinajstić information content (AvgIpc) is 2.52. The van der Waals surface area contributed by atoms with Crippen LogP contribution in [0.25, 0.3) is 0 Å². The normalized spacial score (nSPS) is 10.3. The standard InChI is InChI=1S/C18H22N2O3/c1-11-5-6-14(7-12(11)2)20-18(21)9-13-8-16(22-3)17(23-4)10-15(13)19/h5-8,10H,9,19H2,1-4H3,(H,20,21). The van der Waals surface area contributed by atoms with E-state index in [1.165, 1.54) is 5.56 Å². The number of nitrogens with two attached hydrogens (primary N) is 1. The van der Waals surface area contributed by atoms with Gasteiger partial charge in [-0.2, -0.15) is 0 Å². The van der Waals surface area contributed by atoms with Crippen LogP contribution in [0, 0.1) is 13.8 Å². The Kier molecular flexibility index (Phi) is 5.11. The second-order valence-electron chi connectivity index (χ2n) is 5.43. The van der Waals surface area contributed by atoms with E-state index >= 15 is 0 Å². The van der Waals surface area contributed by atoms with Gasteiger partial charge in [-0.1, -0.05) is 6.07 Å². The highest BCUT2D eigenvalue weighted by atomic mass is 16.5. The minimum atomic E-state index is -0.132. The summed E-state index contributed by atoms with van der Waals surface area (Å²) < 4.78 is 10.4. The minimum absolute atomic E-state index is 0.132. The van der Waals surface area contributed by atoms with Gasteiger partial charge in [-0.05, 0) is 48.7 Å². The summed E-state index contributed by atoms with van der Waals surface area (Å²) in [4.78, 5) is 12.2. The first-order chi connectivity index (χ1) is 10.9. The van der Waals surface area contributed by atoms with Crippen LogP contribution in [0.15, 0.2) is 30.3 Å². The average molecular weight is 314 g/mol. The molecule has 0 aromatic heterocycles. The minimum Gasteiger partial charge on any atom is -0.493 e. The van der Waals surface area contributed by atoms with Gasteiger partial charge < -0.3 is 20.5 Å². The van der Waals surface area contributed by atoms with Crippen molar-refractivity contribution in [1.82, 2.24) is 0 Å². The van der Waals surface area contributed by atoms with Gasteiger partial charge in [0.2, 0.25) is 5.91 Å². The monoisotopic (exact) mass is 314 g/mol. The fourth-order valence-corrected chi connectivity index (χ4v) is 2.29. The Bertz CT molecular complexity index is 726. The zero-order chi connectivity index (χ0) is 17.0. The molecule has 0 unspecified atom stereocenters. The van der Waals surface area contributed by atoms with E-state index < -0.39 is 0 Å². The molecule has 3 N–H and O–H groups in total. The molecule has 0 heterocycles. The van der Waals surface area contributed by atoms with Gasteiger partial charge in [-0.15, -0.1) is 0 Å². The first-order valence-corrected chi connectivity index (χ1v) is 7.32. The van der Waals surface area contributed by atoms with E-state index in [1.54, 1.807) is 26.4 Å². The molecule has 1 amide bonds. The van der Waals surface area contributed by atoms with Crippen molar-refractivity contribution in [3.63, 3.8) is 0 Å². The maximum absolute atomic E-state index is 12.2. The van der Waals surface area contributed by atoms with E-state index in [4.69, 9.17) is 15.2 Å². The Morgan fingerprint density at radius 3 is 2.30 bits per heavy atom. The van der Waals surface area contributed by atoms with Crippen molar-refractivity contribution in [2.24, 2.45) is 0 Å². The van der Waals surface area contributed by atoms with E-state index in [9.17, 15) is 4.79 Å². The molecule has 2 rings (SSSR count). The fraction of sp³-hybridized carbons (Fsp3) is 0.278. The Hall–Kier alpha value is -2.69. The summed E-state index contributed by atoms with van der Waals surface area (Å²) in [5.41, 5.74) is 10.3. The zero-order valence-electron chi connectivity index (χ0n) is 13.9. The molecule has 0 atom stereocenters. The molecule has 0 radical (unpaired) electrons. The third-order valence-electron chi connectivity index (χ3n) is 3.79. The molecule has 0 spiro atoms. The van der Waals surface area contributed by atoms with Crippen LogP contribution in [0.4, 0.5) is 11.4 Å². The number of nitrogens with one attached hydrogen (secondary N) is 1. The third kappa shape index (κ3) is 3.94. The number of anilines is 2. The van der Waals surface area contributed by atoms with Gasteiger partial charge in [-0.25, -0.2) is 0 Å². The lowest BCUT2D eigenvalue weighted by Gasteiger charge is -2.13. The second kappa shape index (κ2) is 7.05. The van der Waals surface area contributed by atoms with Crippen molar-refractivity contribution in [1.29, 1.82) is 0 Å². The molecule has 5 nitrogen and oxygen atoms in total. The number of carbonyl (C=O) groups is 1. The number of nitrogen functional groups attached to an aromatic ring is 1. The van der Waals surface area contributed by atoms with Gasteiger partial charge in [0.25, 0.3) is 0 Å². The highest BCUT2D eigenvalue weighted by Crippen LogP contribution is 2.32. The van der Waals surface area contributed by atoms with E-state index in [2.05, 4.69) is 5.32 Å². The van der Waals surface area contributed by atoms with Crippen LogP contribution in [0.2, 0.25) is 0 Å². The number of rotatable bonds is 5. The Morgan fingerprint density at radius 2 is 1.70 bits per heavy atom. The molecular weight excluding hydrogens is 292 g/mol. The molecule has 2 aromatic rings. The molecule has 23 heavy (non-hydrogen) atoms. The number of carbonyl (C=O) groups excluding carboxylic acids is 1. The van der Waals surface area contributed by atoms with Gasteiger partial charge in [0.15, 0.2) is 11.5 Å². The maximum Gasteiger partial charge on any atom is 0.228 e. The molecule has 0 aliphatic carbocycles. The van der Waals surface area contributed by atoms with E-state index in [-0.39, 0.29) is 12.3 Å². The van der Waals surface area contributed by atoms with Gasteiger partial charge in [0.1, 0.15) is 0 Å². The lowest BCUT2D eigenvalue weighted by Crippen LogP contribution is -2.15. The van der Waals surface area contributed by atoms with Crippen LogP contribution < -0.4 is 20.5 Å². The quantitative estimate of drug-likeness (QED) is 0.832. The van der Waals surface area contributed by atoms with Crippen molar-refractivity contribution in [3.8, 4) is 11.5 Å². The zero-order valence-corrected chi connectivity index (χ0v) is 13.9. The van der Waals surface area contributed by atoms with Crippen molar-refractivity contribution in [2.45, 2.75) is 20.3 Å². The first-order valence-electron chi connectivity index (χ1n) is 7.32. The summed E-state index contributed by atoms with van der Waals surface area (Å²) in [6, 6.07) is 9.21. The SMILES string of the molecule is COc1cc(N)c(CC(=O)Nc2ccc(C)c(C)c2)cc1OC. The summed E-state index contributed by atoms with van der Waals surface area (Å²) in [5.74, 6) is 0.964. The van der Waals surface area contributed by atoms with Gasteiger partial charge in [0, 0.05) is 17.4 Å². The Balaban J connectivity index is 2.15. The summed E-state index contributed by atoms with van der Waals surface area (Å²) in [6.07, 6.45) is 0.166. The summed E-state index contributed by atoms with van der Waals surface area (Å²) in [6.45, 7) is 4.04.